The number of carbonyl (C=O) groups is 2. The predicted molar refractivity (Wildman–Crippen MR) is 64.3 cm³/mol. The first-order valence-electron chi connectivity index (χ1n) is 5.04. The topological polar surface area (TPSA) is 107 Å². The van der Waals surface area contributed by atoms with Gasteiger partial charge in [-0.3, -0.25) is 4.79 Å². The van der Waals surface area contributed by atoms with E-state index in [0.717, 1.165) is 11.6 Å². The molecule has 0 radical (unpaired) electrons. The van der Waals surface area contributed by atoms with Crippen molar-refractivity contribution in [2.24, 2.45) is 0 Å². The average molecular weight is 263 g/mol. The quantitative estimate of drug-likeness (QED) is 0.215. The Morgan fingerprint density at radius 3 is 2.42 bits per heavy atom. The van der Waals surface area contributed by atoms with Gasteiger partial charge in [0.1, 0.15) is 5.57 Å². The van der Waals surface area contributed by atoms with Gasteiger partial charge in [-0.05, 0) is 11.6 Å². The summed E-state index contributed by atoms with van der Waals surface area (Å²) in [4.78, 5) is 35.4. The van der Waals surface area contributed by atoms with Crippen molar-refractivity contribution in [1.29, 1.82) is 0 Å². The molecule has 0 aliphatic rings. The molecule has 0 amide bonds. The van der Waals surface area contributed by atoms with Crippen LogP contribution in [0, 0.1) is 10.1 Å². The van der Waals surface area contributed by atoms with Crippen molar-refractivity contribution >= 4 is 18.0 Å². The molecule has 0 saturated carbocycles. The van der Waals surface area contributed by atoms with Crippen LogP contribution in [0.1, 0.15) is 5.56 Å². The first kappa shape index (κ1) is 14.1. The third kappa shape index (κ3) is 4.82. The van der Waals surface area contributed by atoms with Crippen LogP contribution in [0.2, 0.25) is 0 Å². The van der Waals surface area contributed by atoms with Crippen molar-refractivity contribution in [1.82, 2.24) is 0 Å². The number of aliphatic carboxylic acids is 1. The second-order valence-corrected chi connectivity index (χ2v) is 3.26. The van der Waals surface area contributed by atoms with E-state index in [1.54, 1.807) is 30.3 Å². The molecule has 7 nitrogen and oxygen atoms in total. The molecule has 7 heteroatoms. The lowest BCUT2D eigenvalue weighted by Crippen LogP contribution is -2.18. The molecule has 98 valence electrons. The Bertz CT molecular complexity index is 547. The molecule has 19 heavy (non-hydrogen) atoms. The van der Waals surface area contributed by atoms with Crippen LogP contribution in [-0.2, 0) is 14.4 Å². The fourth-order valence-corrected chi connectivity index (χ4v) is 1.16. The number of carboxylic acid groups (broad SMARTS) is 1. The summed E-state index contributed by atoms with van der Waals surface area (Å²) in [5.41, 5.74) is -0.0463. The molecule has 1 aromatic carbocycles. The zero-order valence-electron chi connectivity index (χ0n) is 9.55. The number of benzene rings is 1. The van der Waals surface area contributed by atoms with Gasteiger partial charge < -0.3 is 5.11 Å². The SMILES string of the molecule is O=C(O)/C(=C\C=C\c1ccccc1)C(=O)O[N+](=O)[O-]. The summed E-state index contributed by atoms with van der Waals surface area (Å²) >= 11 is 0. The Morgan fingerprint density at radius 2 is 1.89 bits per heavy atom. The molecule has 1 rings (SSSR count). The first-order chi connectivity index (χ1) is 9.00. The number of carbonyl (C=O) groups excluding carboxylic acids is 1. The van der Waals surface area contributed by atoms with E-state index in [4.69, 9.17) is 5.11 Å². The highest BCUT2D eigenvalue weighted by Crippen LogP contribution is 2.04. The zero-order valence-corrected chi connectivity index (χ0v) is 9.55. The van der Waals surface area contributed by atoms with Crippen molar-refractivity contribution in [3.63, 3.8) is 0 Å². The number of hydrogen-bond donors (Lipinski definition) is 1. The Labute approximate surface area is 107 Å². The summed E-state index contributed by atoms with van der Waals surface area (Å²) in [7, 11) is 0. The minimum Gasteiger partial charge on any atom is -0.477 e. The van der Waals surface area contributed by atoms with Crippen LogP contribution in [0.4, 0.5) is 0 Å². The summed E-state index contributed by atoms with van der Waals surface area (Å²) in [6, 6.07) is 8.90. The molecule has 0 aliphatic carbocycles. The average Bonchev–Trinajstić information content (AvgIpc) is 2.34. The Balaban J connectivity index is 2.85. The van der Waals surface area contributed by atoms with E-state index in [2.05, 4.69) is 4.84 Å². The van der Waals surface area contributed by atoms with E-state index in [1.165, 1.54) is 6.08 Å². The third-order valence-electron chi connectivity index (χ3n) is 1.96. The number of nitrogens with zero attached hydrogens (tertiary/aromatic N) is 1. The standard InChI is InChI=1S/C12H9NO6/c14-11(15)10(12(16)19-13(17)18)8-4-7-9-5-2-1-3-6-9/h1-8H,(H,14,15)/b7-4+,10-8+. The first-order valence-corrected chi connectivity index (χ1v) is 5.04. The van der Waals surface area contributed by atoms with Gasteiger partial charge in [0.05, 0.1) is 0 Å². The normalized spacial score (nSPS) is 11.3. The van der Waals surface area contributed by atoms with Crippen LogP contribution in [-0.4, -0.2) is 22.1 Å². The lowest BCUT2D eigenvalue weighted by molar-refractivity contribution is -0.728. The molecule has 0 spiro atoms. The molecule has 0 fully saturated rings. The summed E-state index contributed by atoms with van der Waals surface area (Å²) < 4.78 is 0. The van der Waals surface area contributed by atoms with Gasteiger partial charge in [0.15, 0.2) is 0 Å². The van der Waals surface area contributed by atoms with Crippen molar-refractivity contribution < 1.29 is 24.6 Å². The highest BCUT2D eigenvalue weighted by molar-refractivity contribution is 6.13. The molecule has 0 atom stereocenters. The number of hydrogen-bond acceptors (Lipinski definition) is 5. The van der Waals surface area contributed by atoms with E-state index in [1.807, 2.05) is 6.07 Å². The second-order valence-electron chi connectivity index (χ2n) is 3.26. The van der Waals surface area contributed by atoms with Crippen LogP contribution in [0.3, 0.4) is 0 Å². The Hall–Kier alpha value is -2.96. The van der Waals surface area contributed by atoms with Crippen molar-refractivity contribution in [2.75, 3.05) is 0 Å². The van der Waals surface area contributed by atoms with Gasteiger partial charge in [0.25, 0.3) is 0 Å². The Morgan fingerprint density at radius 1 is 1.26 bits per heavy atom. The van der Waals surface area contributed by atoms with Gasteiger partial charge in [0, 0.05) is 0 Å². The van der Waals surface area contributed by atoms with Crippen LogP contribution >= 0.6 is 0 Å². The van der Waals surface area contributed by atoms with E-state index < -0.39 is 22.6 Å². The molecule has 0 saturated heterocycles. The molecule has 0 unspecified atom stereocenters. The molecule has 1 aromatic rings. The molecular formula is C12H9NO6. The maximum absolute atomic E-state index is 11.1. The monoisotopic (exact) mass is 263 g/mol. The number of carboxylic acids is 1. The second kappa shape index (κ2) is 6.70. The van der Waals surface area contributed by atoms with Crippen LogP contribution in [0.25, 0.3) is 6.08 Å². The van der Waals surface area contributed by atoms with Gasteiger partial charge in [0.2, 0.25) is 0 Å². The summed E-state index contributed by atoms with van der Waals surface area (Å²) in [6.07, 6.45) is 3.77. The lowest BCUT2D eigenvalue weighted by atomic mass is 10.2. The van der Waals surface area contributed by atoms with Crippen LogP contribution < -0.4 is 0 Å². The highest BCUT2D eigenvalue weighted by atomic mass is 17.0. The summed E-state index contributed by atoms with van der Waals surface area (Å²) in [6.45, 7) is 0. The molecule has 1 N–H and O–H groups in total. The van der Waals surface area contributed by atoms with E-state index in [0.29, 0.717) is 0 Å². The van der Waals surface area contributed by atoms with E-state index in [9.17, 15) is 19.7 Å². The maximum atomic E-state index is 11.1. The summed E-state index contributed by atoms with van der Waals surface area (Å²) in [5.74, 6) is -3.14. The zero-order chi connectivity index (χ0) is 14.3. The largest absolute Gasteiger partial charge is 0.477 e. The van der Waals surface area contributed by atoms with E-state index >= 15 is 0 Å². The van der Waals surface area contributed by atoms with Crippen molar-refractivity contribution in [3.05, 3.63) is 63.7 Å². The molecule has 0 heterocycles. The maximum Gasteiger partial charge on any atom is 0.341 e. The van der Waals surface area contributed by atoms with Crippen LogP contribution in [0.15, 0.2) is 48.1 Å². The Kier molecular flexibility index (Phi) is 4.97. The van der Waals surface area contributed by atoms with Gasteiger partial charge in [-0.1, -0.05) is 42.5 Å². The fourth-order valence-electron chi connectivity index (χ4n) is 1.16. The van der Waals surface area contributed by atoms with Crippen molar-refractivity contribution in [2.45, 2.75) is 0 Å². The smallest absolute Gasteiger partial charge is 0.341 e. The van der Waals surface area contributed by atoms with Gasteiger partial charge >= 0.3 is 17.0 Å². The summed E-state index contributed by atoms with van der Waals surface area (Å²) in [5, 5.41) is 17.3. The van der Waals surface area contributed by atoms with Gasteiger partial charge in [-0.15, -0.1) is 10.1 Å². The van der Waals surface area contributed by atoms with Gasteiger partial charge in [-0.2, -0.15) is 0 Å². The number of rotatable bonds is 5. The third-order valence-corrected chi connectivity index (χ3v) is 1.96. The predicted octanol–water partition coefficient (Wildman–Crippen LogP) is 1.45. The minimum absolute atomic E-state index is 0.783. The highest BCUT2D eigenvalue weighted by Gasteiger charge is 2.20. The van der Waals surface area contributed by atoms with Gasteiger partial charge in [-0.25, -0.2) is 9.63 Å². The minimum atomic E-state index is -1.61. The van der Waals surface area contributed by atoms with Crippen LogP contribution in [0.5, 0.6) is 0 Å². The fraction of sp³-hybridized carbons (Fsp3) is 0. The number of allylic oxidation sites excluding steroid dienone is 2. The van der Waals surface area contributed by atoms with E-state index in [-0.39, 0.29) is 0 Å². The molecule has 0 aliphatic heterocycles. The molecular weight excluding hydrogens is 254 g/mol. The van der Waals surface area contributed by atoms with Crippen molar-refractivity contribution in [3.8, 4) is 0 Å². The molecule has 0 aromatic heterocycles. The molecule has 0 bridgehead atoms. The lowest BCUT2D eigenvalue weighted by Gasteiger charge is -1.97.